The number of halogens is 1. The first-order valence-corrected chi connectivity index (χ1v) is 15.6. The summed E-state index contributed by atoms with van der Waals surface area (Å²) in [5, 5.41) is 2.51. The van der Waals surface area contributed by atoms with E-state index in [1.54, 1.807) is 7.11 Å². The van der Waals surface area contributed by atoms with Crippen LogP contribution in [0.15, 0.2) is 66.7 Å². The molecular formula is C34H35ClO5S. The van der Waals surface area contributed by atoms with Crippen LogP contribution in [0.2, 0.25) is 0 Å². The molecule has 4 fully saturated rings. The molecule has 5 nitrogen and oxygen atoms in total. The second-order valence-electron chi connectivity index (χ2n) is 12.1. The van der Waals surface area contributed by atoms with Gasteiger partial charge < -0.3 is 26.6 Å². The standard InChI is InChI=1S/C34H35O5S.ClH/c1-34(24-14-21-13-22(16-24)17-25(34)15-21)39-33(36)20-38-32(35)19-23-18-26(11-12-29(23)37-2)40-30-9-5-3-7-27(30)28-8-4-6-10-31(28)40;/h3-12,18,21-22,24-25H,13-17,19-20H2,1-2H3;1H/q+1;/p-1. The summed E-state index contributed by atoms with van der Waals surface area (Å²) in [6, 6.07) is 23.1. The third-order valence-corrected chi connectivity index (χ3v) is 12.1. The molecule has 0 unspecified atom stereocenters. The fourth-order valence-corrected chi connectivity index (χ4v) is 10.5. The first-order chi connectivity index (χ1) is 19.4. The van der Waals surface area contributed by atoms with E-state index < -0.39 is 17.5 Å². The minimum absolute atomic E-state index is 0. The molecule has 3 aromatic carbocycles. The molecule has 0 atom stereocenters. The van der Waals surface area contributed by atoms with Crippen molar-refractivity contribution in [1.29, 1.82) is 0 Å². The Balaban J connectivity index is 0.00000302. The molecule has 0 N–H and O–H groups in total. The van der Waals surface area contributed by atoms with Crippen LogP contribution in [0.3, 0.4) is 0 Å². The Hall–Kier alpha value is -3.09. The number of hydrogen-bond donors (Lipinski definition) is 0. The van der Waals surface area contributed by atoms with Gasteiger partial charge in [-0.1, -0.05) is 24.3 Å². The van der Waals surface area contributed by atoms with Crippen LogP contribution >= 0.6 is 10.5 Å². The molecule has 1 aromatic heterocycles. The van der Waals surface area contributed by atoms with Gasteiger partial charge in [-0.05, 0) is 93.0 Å². The Kier molecular flexibility index (Phi) is 7.50. The highest BCUT2D eigenvalue weighted by atomic mass is 35.5. The lowest BCUT2D eigenvalue weighted by atomic mass is 9.50. The Morgan fingerprint density at radius 3 is 2.00 bits per heavy atom. The summed E-state index contributed by atoms with van der Waals surface area (Å²) in [6.45, 7) is 1.75. The van der Waals surface area contributed by atoms with Gasteiger partial charge in [0.05, 0.1) is 13.5 Å². The zero-order chi connectivity index (χ0) is 27.4. The van der Waals surface area contributed by atoms with Gasteiger partial charge in [0.2, 0.25) is 0 Å². The van der Waals surface area contributed by atoms with E-state index in [2.05, 4.69) is 67.6 Å². The SMILES string of the molecule is COc1ccc(-[s+]2c3ccccc3c3ccccc32)cc1CC(=O)OCC(=O)OC1(C)C2CC3CC(C2)CC1C3.[Cl-]. The van der Waals surface area contributed by atoms with E-state index in [1.165, 1.54) is 26.6 Å². The molecule has 0 spiro atoms. The number of benzene rings is 3. The summed E-state index contributed by atoms with van der Waals surface area (Å²) in [5.41, 5.74) is 0.323. The monoisotopic (exact) mass is 590 g/mol. The predicted octanol–water partition coefficient (Wildman–Crippen LogP) is 4.59. The normalized spacial score (nSPS) is 26.1. The highest BCUT2D eigenvalue weighted by Crippen LogP contribution is 2.59. The number of rotatable bonds is 7. The minimum Gasteiger partial charge on any atom is -1.00 e. The number of carbonyl (C=O) groups excluding carboxylic acids is 2. The van der Waals surface area contributed by atoms with Crippen LogP contribution in [0.5, 0.6) is 5.75 Å². The van der Waals surface area contributed by atoms with Gasteiger partial charge in [-0.25, -0.2) is 4.79 Å². The number of fused-ring (bicyclic) bond motifs is 3. The maximum absolute atomic E-state index is 12.9. The summed E-state index contributed by atoms with van der Waals surface area (Å²) < 4.78 is 19.7. The lowest BCUT2D eigenvalue weighted by molar-refractivity contribution is -0.207. The summed E-state index contributed by atoms with van der Waals surface area (Å²) in [6.07, 6.45) is 6.00. The summed E-state index contributed by atoms with van der Waals surface area (Å²) in [4.78, 5) is 26.9. The van der Waals surface area contributed by atoms with Crippen LogP contribution < -0.4 is 17.1 Å². The molecule has 0 amide bonds. The minimum atomic E-state index is -0.460. The molecule has 0 aliphatic heterocycles. The van der Waals surface area contributed by atoms with E-state index >= 15 is 0 Å². The van der Waals surface area contributed by atoms with Crippen LogP contribution in [0.4, 0.5) is 0 Å². The molecule has 0 saturated heterocycles. The van der Waals surface area contributed by atoms with Gasteiger partial charge in [0.25, 0.3) is 0 Å². The second-order valence-corrected chi connectivity index (χ2v) is 14.0. The van der Waals surface area contributed by atoms with E-state index in [1.807, 2.05) is 6.07 Å². The second kappa shape index (κ2) is 11.0. The average molecular weight is 591 g/mol. The fraction of sp³-hybridized carbons (Fsp3) is 0.412. The zero-order valence-electron chi connectivity index (χ0n) is 23.4. The van der Waals surface area contributed by atoms with Gasteiger partial charge in [0.15, 0.2) is 20.9 Å². The van der Waals surface area contributed by atoms with E-state index in [9.17, 15) is 9.59 Å². The topological polar surface area (TPSA) is 61.8 Å². The third kappa shape index (κ3) is 4.89. The quantitative estimate of drug-likeness (QED) is 0.233. The van der Waals surface area contributed by atoms with Crippen LogP contribution in [0, 0.1) is 23.7 Å². The van der Waals surface area contributed by atoms with Crippen LogP contribution in [0.1, 0.15) is 44.6 Å². The number of ether oxygens (including phenoxy) is 3. The molecule has 41 heavy (non-hydrogen) atoms. The lowest BCUT2D eigenvalue weighted by Crippen LogP contribution is -3.00. The van der Waals surface area contributed by atoms with Crippen molar-refractivity contribution in [2.75, 3.05) is 13.7 Å². The maximum atomic E-state index is 12.9. The van der Waals surface area contributed by atoms with Gasteiger partial charge in [0.1, 0.15) is 11.4 Å². The van der Waals surface area contributed by atoms with Gasteiger partial charge >= 0.3 is 11.9 Å². The van der Waals surface area contributed by atoms with Crippen molar-refractivity contribution in [1.82, 2.24) is 0 Å². The van der Waals surface area contributed by atoms with E-state index in [0.29, 0.717) is 17.6 Å². The zero-order valence-corrected chi connectivity index (χ0v) is 25.0. The summed E-state index contributed by atoms with van der Waals surface area (Å²) in [5.74, 6) is 2.19. The van der Waals surface area contributed by atoms with E-state index in [4.69, 9.17) is 14.2 Å². The molecular weight excluding hydrogens is 556 g/mol. The molecule has 214 valence electrons. The fourth-order valence-electron chi connectivity index (χ4n) is 8.03. The Morgan fingerprint density at radius 2 is 1.41 bits per heavy atom. The predicted molar refractivity (Wildman–Crippen MR) is 158 cm³/mol. The van der Waals surface area contributed by atoms with Gasteiger partial charge in [-0.3, -0.25) is 4.79 Å². The molecule has 4 bridgehead atoms. The van der Waals surface area contributed by atoms with E-state index in [0.717, 1.165) is 48.0 Å². The first-order valence-electron chi connectivity index (χ1n) is 14.4. The molecule has 4 saturated carbocycles. The smallest absolute Gasteiger partial charge is 0.344 e. The number of hydrogen-bond acceptors (Lipinski definition) is 5. The molecule has 4 aliphatic rings. The lowest BCUT2D eigenvalue weighted by Gasteiger charge is -2.59. The highest BCUT2D eigenvalue weighted by Gasteiger charge is 2.57. The molecule has 0 radical (unpaired) electrons. The average Bonchev–Trinajstić information content (AvgIpc) is 3.29. The third-order valence-electron chi connectivity index (χ3n) is 9.77. The van der Waals surface area contributed by atoms with Crippen molar-refractivity contribution in [2.24, 2.45) is 23.7 Å². The molecule has 1 heterocycles. The largest absolute Gasteiger partial charge is 1.00 e. The van der Waals surface area contributed by atoms with Crippen molar-refractivity contribution >= 4 is 42.6 Å². The van der Waals surface area contributed by atoms with Crippen molar-refractivity contribution < 1.29 is 36.2 Å². The van der Waals surface area contributed by atoms with Crippen LogP contribution in [0.25, 0.3) is 25.1 Å². The highest BCUT2D eigenvalue weighted by molar-refractivity contribution is 7.50. The summed E-state index contributed by atoms with van der Waals surface area (Å²) in [7, 11) is 1.33. The van der Waals surface area contributed by atoms with Crippen molar-refractivity contribution in [3.8, 4) is 10.6 Å². The molecule has 4 aromatic rings. The van der Waals surface area contributed by atoms with E-state index in [-0.39, 0.29) is 35.9 Å². The van der Waals surface area contributed by atoms with Gasteiger partial charge in [-0.15, -0.1) is 0 Å². The molecule has 4 aliphatic carbocycles. The number of thiophene rings is 1. The number of carbonyl (C=O) groups is 2. The van der Waals surface area contributed by atoms with Gasteiger partial charge in [-0.2, -0.15) is 0 Å². The van der Waals surface area contributed by atoms with Crippen molar-refractivity contribution in [2.45, 2.75) is 51.0 Å². The Bertz CT molecular complexity index is 1540. The van der Waals surface area contributed by atoms with Gasteiger partial charge in [0, 0.05) is 38.9 Å². The summed E-state index contributed by atoms with van der Waals surface area (Å²) >= 11 is 0. The molecule has 7 heteroatoms. The first kappa shape index (κ1) is 28.0. The van der Waals surface area contributed by atoms with Crippen molar-refractivity contribution in [3.05, 3.63) is 72.3 Å². The number of methoxy groups -OCH3 is 1. The number of esters is 2. The Labute approximate surface area is 249 Å². The van der Waals surface area contributed by atoms with Crippen molar-refractivity contribution in [3.63, 3.8) is 0 Å². The van der Waals surface area contributed by atoms with Crippen LogP contribution in [-0.4, -0.2) is 31.3 Å². The van der Waals surface area contributed by atoms with Crippen LogP contribution in [-0.2, 0) is 25.5 Å². The molecule has 8 rings (SSSR count). The maximum Gasteiger partial charge on any atom is 0.344 e. The Morgan fingerprint density at radius 1 is 0.829 bits per heavy atom.